The highest BCUT2D eigenvalue weighted by Crippen LogP contribution is 2.19. The van der Waals surface area contributed by atoms with Gasteiger partial charge in [0.15, 0.2) is 5.13 Å². The van der Waals surface area contributed by atoms with Gasteiger partial charge in [0.1, 0.15) is 0 Å². The maximum Gasteiger partial charge on any atom is 0.315 e. The molecule has 1 aliphatic heterocycles. The van der Waals surface area contributed by atoms with E-state index < -0.39 is 11.8 Å². The molecule has 2 heterocycles. The third-order valence-corrected chi connectivity index (χ3v) is 3.94. The number of anilines is 1. The predicted molar refractivity (Wildman–Crippen MR) is 76.7 cm³/mol. The Morgan fingerprint density at radius 3 is 2.71 bits per heavy atom. The Morgan fingerprint density at radius 2 is 2.14 bits per heavy atom. The molecule has 1 saturated heterocycles. The van der Waals surface area contributed by atoms with Gasteiger partial charge in [-0.1, -0.05) is 0 Å². The number of carbonyl (C=O) groups excluding carboxylic acids is 3. The van der Waals surface area contributed by atoms with Crippen molar-refractivity contribution in [1.82, 2.24) is 9.88 Å². The maximum atomic E-state index is 12.0. The van der Waals surface area contributed by atoms with Crippen LogP contribution in [0.1, 0.15) is 19.8 Å². The zero-order valence-corrected chi connectivity index (χ0v) is 12.5. The van der Waals surface area contributed by atoms with Crippen molar-refractivity contribution in [3.05, 3.63) is 11.6 Å². The van der Waals surface area contributed by atoms with Crippen LogP contribution in [-0.2, 0) is 19.1 Å². The molecule has 0 atom stereocenters. The van der Waals surface area contributed by atoms with Gasteiger partial charge in [-0.25, -0.2) is 4.98 Å². The molecule has 2 amide bonds. The van der Waals surface area contributed by atoms with E-state index in [1.807, 2.05) is 0 Å². The number of hydrogen-bond donors (Lipinski definition) is 1. The summed E-state index contributed by atoms with van der Waals surface area (Å²) in [5, 5.41) is 4.57. The number of likely N-dealkylation sites (tertiary alicyclic amines) is 1. The zero-order chi connectivity index (χ0) is 15.2. The first-order chi connectivity index (χ1) is 10.1. The number of ether oxygens (including phenoxy) is 1. The minimum atomic E-state index is -0.695. The van der Waals surface area contributed by atoms with Gasteiger partial charge in [-0.15, -0.1) is 11.3 Å². The van der Waals surface area contributed by atoms with Crippen LogP contribution in [0.25, 0.3) is 0 Å². The number of rotatable bonds is 3. The van der Waals surface area contributed by atoms with E-state index in [1.165, 1.54) is 16.2 Å². The van der Waals surface area contributed by atoms with E-state index in [4.69, 9.17) is 4.74 Å². The summed E-state index contributed by atoms with van der Waals surface area (Å²) in [5.74, 6) is -1.69. The normalized spacial score (nSPS) is 15.6. The first-order valence-electron chi connectivity index (χ1n) is 6.78. The van der Waals surface area contributed by atoms with Crippen LogP contribution in [0.3, 0.4) is 0 Å². The van der Waals surface area contributed by atoms with Gasteiger partial charge in [0, 0.05) is 24.7 Å². The Bertz CT molecular complexity index is 509. The molecule has 1 N–H and O–H groups in total. The summed E-state index contributed by atoms with van der Waals surface area (Å²) in [5.41, 5.74) is 0. The Labute approximate surface area is 126 Å². The molecular weight excluding hydrogens is 294 g/mol. The van der Waals surface area contributed by atoms with Gasteiger partial charge in [0.05, 0.1) is 12.5 Å². The standard InChI is InChI=1S/C13H17N3O4S/c1-2-20-12(19)9-3-6-16(7-4-9)11(18)10(17)15-13-14-5-8-21-13/h5,8-9H,2-4,6-7H2,1H3,(H,14,15,17). The van der Waals surface area contributed by atoms with Crippen molar-refractivity contribution >= 4 is 34.3 Å². The Balaban J connectivity index is 1.82. The van der Waals surface area contributed by atoms with Crippen LogP contribution < -0.4 is 5.32 Å². The lowest BCUT2D eigenvalue weighted by molar-refractivity contribution is -0.152. The molecule has 0 spiro atoms. The minimum Gasteiger partial charge on any atom is -0.466 e. The zero-order valence-electron chi connectivity index (χ0n) is 11.7. The van der Waals surface area contributed by atoms with Crippen molar-refractivity contribution < 1.29 is 19.1 Å². The van der Waals surface area contributed by atoms with Gasteiger partial charge in [-0.05, 0) is 19.8 Å². The number of nitrogens with zero attached hydrogens (tertiary/aromatic N) is 2. The highest BCUT2D eigenvalue weighted by molar-refractivity contribution is 7.13. The quantitative estimate of drug-likeness (QED) is 0.661. The molecule has 114 valence electrons. The van der Waals surface area contributed by atoms with Crippen LogP contribution in [0.4, 0.5) is 5.13 Å². The van der Waals surface area contributed by atoms with Gasteiger partial charge in [0.2, 0.25) is 0 Å². The van der Waals surface area contributed by atoms with Crippen LogP contribution in [0.5, 0.6) is 0 Å². The van der Waals surface area contributed by atoms with E-state index in [2.05, 4.69) is 10.3 Å². The average molecular weight is 311 g/mol. The largest absolute Gasteiger partial charge is 0.466 e. The smallest absolute Gasteiger partial charge is 0.315 e. The van der Waals surface area contributed by atoms with E-state index in [0.717, 1.165) is 0 Å². The molecule has 0 bridgehead atoms. The molecule has 21 heavy (non-hydrogen) atoms. The second-order valence-corrected chi connectivity index (χ2v) is 5.50. The molecule has 0 radical (unpaired) electrons. The van der Waals surface area contributed by atoms with Crippen molar-refractivity contribution in [1.29, 1.82) is 0 Å². The van der Waals surface area contributed by atoms with Crippen molar-refractivity contribution in [3.63, 3.8) is 0 Å². The molecule has 1 aromatic heterocycles. The summed E-state index contributed by atoms with van der Waals surface area (Å²) in [7, 11) is 0. The summed E-state index contributed by atoms with van der Waals surface area (Å²) in [4.78, 5) is 40.8. The molecule has 0 aliphatic carbocycles. The topological polar surface area (TPSA) is 88.6 Å². The van der Waals surface area contributed by atoms with Gasteiger partial charge in [0.25, 0.3) is 0 Å². The van der Waals surface area contributed by atoms with E-state index in [0.29, 0.717) is 37.7 Å². The molecular formula is C13H17N3O4S. The van der Waals surface area contributed by atoms with Crippen LogP contribution in [0.15, 0.2) is 11.6 Å². The van der Waals surface area contributed by atoms with Crippen LogP contribution in [0, 0.1) is 5.92 Å². The third kappa shape index (κ3) is 4.01. The van der Waals surface area contributed by atoms with E-state index in [1.54, 1.807) is 18.5 Å². The number of aromatic nitrogens is 1. The summed E-state index contributed by atoms with van der Waals surface area (Å²) >= 11 is 1.25. The highest BCUT2D eigenvalue weighted by Gasteiger charge is 2.30. The second-order valence-electron chi connectivity index (χ2n) is 4.61. The predicted octanol–water partition coefficient (Wildman–Crippen LogP) is 0.883. The van der Waals surface area contributed by atoms with E-state index in [-0.39, 0.29) is 11.9 Å². The van der Waals surface area contributed by atoms with E-state index in [9.17, 15) is 14.4 Å². The van der Waals surface area contributed by atoms with Crippen molar-refractivity contribution in [2.75, 3.05) is 25.0 Å². The van der Waals surface area contributed by atoms with Gasteiger partial charge < -0.3 is 9.64 Å². The lowest BCUT2D eigenvalue weighted by Crippen LogP contribution is -2.45. The number of amides is 2. The number of hydrogen-bond acceptors (Lipinski definition) is 6. The van der Waals surface area contributed by atoms with Gasteiger partial charge >= 0.3 is 17.8 Å². The second kappa shape index (κ2) is 7.16. The Morgan fingerprint density at radius 1 is 1.43 bits per heavy atom. The fourth-order valence-electron chi connectivity index (χ4n) is 2.16. The molecule has 8 heteroatoms. The lowest BCUT2D eigenvalue weighted by atomic mass is 9.97. The fourth-order valence-corrected chi connectivity index (χ4v) is 2.68. The number of esters is 1. The molecule has 0 saturated carbocycles. The number of thiazole rings is 1. The molecule has 2 rings (SSSR count). The van der Waals surface area contributed by atoms with Crippen molar-refractivity contribution in [2.24, 2.45) is 5.92 Å². The fraction of sp³-hybridized carbons (Fsp3) is 0.538. The van der Waals surface area contributed by atoms with Crippen LogP contribution >= 0.6 is 11.3 Å². The monoisotopic (exact) mass is 311 g/mol. The first-order valence-corrected chi connectivity index (χ1v) is 7.66. The summed E-state index contributed by atoms with van der Waals surface area (Å²) < 4.78 is 4.97. The van der Waals surface area contributed by atoms with Crippen molar-refractivity contribution in [3.8, 4) is 0 Å². The minimum absolute atomic E-state index is 0.184. The molecule has 1 aromatic rings. The SMILES string of the molecule is CCOC(=O)C1CCN(C(=O)C(=O)Nc2nccs2)CC1. The summed E-state index contributed by atoms with van der Waals surface area (Å²) in [6, 6.07) is 0. The van der Waals surface area contributed by atoms with Gasteiger partial charge in [-0.2, -0.15) is 0 Å². The Kier molecular flexibility index (Phi) is 5.26. The van der Waals surface area contributed by atoms with Gasteiger partial charge in [-0.3, -0.25) is 19.7 Å². The lowest BCUT2D eigenvalue weighted by Gasteiger charge is -2.30. The van der Waals surface area contributed by atoms with Crippen molar-refractivity contribution in [2.45, 2.75) is 19.8 Å². The molecule has 1 fully saturated rings. The first kappa shape index (κ1) is 15.4. The highest BCUT2D eigenvalue weighted by atomic mass is 32.1. The Hall–Kier alpha value is -1.96. The molecule has 1 aliphatic rings. The number of piperidine rings is 1. The summed E-state index contributed by atoms with van der Waals surface area (Å²) in [6.07, 6.45) is 2.60. The third-order valence-electron chi connectivity index (χ3n) is 3.25. The number of carbonyl (C=O) groups is 3. The number of nitrogens with one attached hydrogen (secondary N) is 1. The molecule has 7 nitrogen and oxygen atoms in total. The van der Waals surface area contributed by atoms with Crippen LogP contribution in [0.2, 0.25) is 0 Å². The molecule has 0 unspecified atom stereocenters. The molecule has 0 aromatic carbocycles. The van der Waals surface area contributed by atoms with Crippen LogP contribution in [-0.4, -0.2) is 47.4 Å². The average Bonchev–Trinajstić information content (AvgIpc) is 3.00. The summed E-state index contributed by atoms with van der Waals surface area (Å²) in [6.45, 7) is 2.88. The maximum absolute atomic E-state index is 12.0. The van der Waals surface area contributed by atoms with E-state index >= 15 is 0 Å².